The molecule has 4 saturated heterocycles. The molecule has 4 aliphatic heterocycles. The third-order valence-electron chi connectivity index (χ3n) is 7.58. The minimum absolute atomic E-state index is 0.316. The van der Waals surface area contributed by atoms with Crippen molar-refractivity contribution in [1.82, 2.24) is 14.7 Å². The van der Waals surface area contributed by atoms with E-state index in [1.54, 1.807) is 0 Å². The van der Waals surface area contributed by atoms with E-state index in [1.807, 2.05) is 0 Å². The maximum absolute atomic E-state index is 15.4. The molecule has 26 heavy (non-hydrogen) atoms. The predicted octanol–water partition coefficient (Wildman–Crippen LogP) is 2.47. The van der Waals surface area contributed by atoms with Gasteiger partial charge in [-0.15, -0.1) is 0 Å². The zero-order valence-electron chi connectivity index (χ0n) is 17.1. The van der Waals surface area contributed by atoms with Gasteiger partial charge in [0.25, 0.3) is 0 Å². The van der Waals surface area contributed by atoms with Crippen molar-refractivity contribution in [3.63, 3.8) is 0 Å². The van der Waals surface area contributed by atoms with Crippen molar-refractivity contribution in [1.29, 1.82) is 0 Å². The van der Waals surface area contributed by atoms with Crippen molar-refractivity contribution in [2.75, 3.05) is 39.3 Å². The number of rotatable bonds is 7. The summed E-state index contributed by atoms with van der Waals surface area (Å²) < 4.78 is 15.4. The molecule has 5 rings (SSSR count). The Morgan fingerprint density at radius 3 is 2.12 bits per heavy atom. The van der Waals surface area contributed by atoms with Gasteiger partial charge in [0.1, 0.15) is 5.67 Å². The van der Waals surface area contributed by atoms with Crippen LogP contribution in [0.2, 0.25) is 0 Å². The Morgan fingerprint density at radius 1 is 1.00 bits per heavy atom. The SMILES string of the molecule is CC(N)CC1(CN2CC3CC(C2)N3CC2(F)CCN(C(C)C)CC2)CC1. The van der Waals surface area contributed by atoms with Crippen LogP contribution in [0.15, 0.2) is 0 Å². The summed E-state index contributed by atoms with van der Waals surface area (Å²) in [5, 5.41) is 0. The van der Waals surface area contributed by atoms with Gasteiger partial charge in [-0.3, -0.25) is 9.80 Å². The summed E-state index contributed by atoms with van der Waals surface area (Å²) in [6.07, 6.45) is 6.58. The fourth-order valence-electron chi connectivity index (χ4n) is 5.85. The largest absolute Gasteiger partial charge is 0.328 e. The van der Waals surface area contributed by atoms with Crippen molar-refractivity contribution in [2.45, 2.75) is 89.1 Å². The maximum atomic E-state index is 15.4. The van der Waals surface area contributed by atoms with E-state index < -0.39 is 5.67 Å². The zero-order chi connectivity index (χ0) is 18.5. The first-order chi connectivity index (χ1) is 12.3. The Bertz CT molecular complexity index is 484. The van der Waals surface area contributed by atoms with Crippen LogP contribution in [0, 0.1) is 5.41 Å². The molecule has 1 aliphatic carbocycles. The molecule has 0 aromatic carbocycles. The molecule has 1 saturated carbocycles. The first-order valence-electron chi connectivity index (χ1n) is 10.9. The summed E-state index contributed by atoms with van der Waals surface area (Å²) in [7, 11) is 0. The molecule has 5 fully saturated rings. The van der Waals surface area contributed by atoms with Crippen molar-refractivity contribution < 1.29 is 4.39 Å². The average molecular weight is 367 g/mol. The summed E-state index contributed by atoms with van der Waals surface area (Å²) >= 11 is 0. The van der Waals surface area contributed by atoms with Crippen LogP contribution in [0.1, 0.15) is 59.3 Å². The lowest BCUT2D eigenvalue weighted by atomic mass is 9.82. The highest BCUT2D eigenvalue weighted by molar-refractivity contribution is 5.06. The monoisotopic (exact) mass is 366 g/mol. The lowest BCUT2D eigenvalue weighted by molar-refractivity contribution is -0.108. The van der Waals surface area contributed by atoms with Gasteiger partial charge < -0.3 is 10.6 Å². The second-order valence-corrected chi connectivity index (χ2v) is 10.4. The first kappa shape index (κ1) is 19.1. The van der Waals surface area contributed by atoms with Gasteiger partial charge in [0, 0.05) is 63.4 Å². The Morgan fingerprint density at radius 2 is 1.62 bits per heavy atom. The molecule has 5 aliphatic rings. The third-order valence-corrected chi connectivity index (χ3v) is 7.58. The van der Waals surface area contributed by atoms with E-state index >= 15 is 4.39 Å². The molecule has 0 radical (unpaired) electrons. The van der Waals surface area contributed by atoms with Gasteiger partial charge in [-0.2, -0.15) is 0 Å². The molecule has 3 atom stereocenters. The smallest absolute Gasteiger partial charge is 0.126 e. The number of halogens is 1. The number of nitrogens with two attached hydrogens (primary N) is 1. The van der Waals surface area contributed by atoms with E-state index in [9.17, 15) is 0 Å². The number of alkyl halides is 1. The molecule has 0 aromatic rings. The minimum atomic E-state index is -0.961. The third kappa shape index (κ3) is 3.96. The van der Waals surface area contributed by atoms with Crippen molar-refractivity contribution >= 4 is 0 Å². The molecule has 2 N–H and O–H groups in total. The summed E-state index contributed by atoms with van der Waals surface area (Å²) in [4.78, 5) is 7.59. The van der Waals surface area contributed by atoms with E-state index in [4.69, 9.17) is 5.73 Å². The Hall–Kier alpha value is -0.230. The van der Waals surface area contributed by atoms with Crippen LogP contribution in [0.3, 0.4) is 0 Å². The molecular weight excluding hydrogens is 327 g/mol. The second-order valence-electron chi connectivity index (χ2n) is 10.4. The van der Waals surface area contributed by atoms with Crippen molar-refractivity contribution in [3.05, 3.63) is 0 Å². The average Bonchev–Trinajstić information content (AvgIpc) is 3.31. The number of piperazine rings is 1. The molecule has 2 bridgehead atoms. The zero-order valence-corrected chi connectivity index (χ0v) is 17.1. The van der Waals surface area contributed by atoms with Crippen LogP contribution in [0.5, 0.6) is 0 Å². The highest BCUT2D eigenvalue weighted by atomic mass is 19.1. The van der Waals surface area contributed by atoms with E-state index in [0.717, 1.165) is 26.2 Å². The first-order valence-corrected chi connectivity index (χ1v) is 10.9. The maximum Gasteiger partial charge on any atom is 0.126 e. The highest BCUT2D eigenvalue weighted by Crippen LogP contribution is 2.51. The van der Waals surface area contributed by atoms with E-state index in [2.05, 4.69) is 35.5 Å². The fraction of sp³-hybridized carbons (Fsp3) is 1.00. The van der Waals surface area contributed by atoms with Gasteiger partial charge in [0.05, 0.1) is 0 Å². The highest BCUT2D eigenvalue weighted by Gasteiger charge is 2.51. The van der Waals surface area contributed by atoms with Crippen molar-refractivity contribution in [3.8, 4) is 0 Å². The molecule has 150 valence electrons. The molecule has 5 heteroatoms. The molecule has 0 aromatic heterocycles. The molecule has 0 amide bonds. The van der Waals surface area contributed by atoms with Gasteiger partial charge in [0.2, 0.25) is 0 Å². The standard InChI is InChI=1S/C21H39FN4/c1-16(2)25-8-6-21(22,7-9-25)15-26-18-10-19(26)13-24(12-18)14-20(4-5-20)11-17(3)23/h16-19H,4-15,23H2,1-3H3. The lowest BCUT2D eigenvalue weighted by Gasteiger charge is -2.58. The van der Waals surface area contributed by atoms with Gasteiger partial charge in [0.15, 0.2) is 0 Å². The van der Waals surface area contributed by atoms with Crippen LogP contribution in [-0.2, 0) is 0 Å². The number of hydrogen-bond acceptors (Lipinski definition) is 4. The fourth-order valence-corrected chi connectivity index (χ4v) is 5.85. The van der Waals surface area contributed by atoms with Gasteiger partial charge in [-0.1, -0.05) is 0 Å². The van der Waals surface area contributed by atoms with Gasteiger partial charge >= 0.3 is 0 Å². The van der Waals surface area contributed by atoms with Crippen LogP contribution in [0.4, 0.5) is 4.39 Å². The summed E-state index contributed by atoms with van der Waals surface area (Å²) in [5.74, 6) is 0. The minimum Gasteiger partial charge on any atom is -0.328 e. The lowest BCUT2D eigenvalue weighted by Crippen LogP contribution is -2.71. The number of likely N-dealkylation sites (tertiary alicyclic amines) is 1. The van der Waals surface area contributed by atoms with Crippen LogP contribution in [0.25, 0.3) is 0 Å². The Kier molecular flexibility index (Phi) is 5.13. The van der Waals surface area contributed by atoms with Crippen LogP contribution >= 0.6 is 0 Å². The molecule has 4 heterocycles. The van der Waals surface area contributed by atoms with E-state index in [1.165, 1.54) is 32.2 Å². The van der Waals surface area contributed by atoms with Crippen LogP contribution < -0.4 is 5.73 Å². The van der Waals surface area contributed by atoms with E-state index in [0.29, 0.717) is 49.0 Å². The normalized spacial score (nSPS) is 35.3. The summed E-state index contributed by atoms with van der Waals surface area (Å²) in [6, 6.07) is 2.05. The Balaban J connectivity index is 1.26. The number of hydrogen-bond donors (Lipinski definition) is 1. The molecule has 0 spiro atoms. The van der Waals surface area contributed by atoms with Crippen molar-refractivity contribution in [2.24, 2.45) is 11.1 Å². The number of nitrogens with zero attached hydrogens (tertiary/aromatic N) is 3. The molecule has 4 nitrogen and oxygen atoms in total. The quantitative estimate of drug-likeness (QED) is 0.751. The summed E-state index contributed by atoms with van der Waals surface area (Å²) in [5.41, 5.74) is 5.60. The van der Waals surface area contributed by atoms with Gasteiger partial charge in [-0.25, -0.2) is 4.39 Å². The summed E-state index contributed by atoms with van der Waals surface area (Å²) in [6.45, 7) is 12.6. The predicted molar refractivity (Wildman–Crippen MR) is 105 cm³/mol. The molecule has 3 unspecified atom stereocenters. The Labute approximate surface area is 159 Å². The second kappa shape index (κ2) is 6.98. The number of fused-ring (bicyclic) bond motifs is 2. The van der Waals surface area contributed by atoms with Gasteiger partial charge in [-0.05, 0) is 64.7 Å². The topological polar surface area (TPSA) is 35.7 Å². The molecular formula is C21H39FN4. The van der Waals surface area contributed by atoms with Crippen LogP contribution in [-0.4, -0.2) is 83.8 Å². The number of piperidine rings is 2. The van der Waals surface area contributed by atoms with E-state index in [-0.39, 0.29) is 0 Å².